The fraction of sp³-hybridized carbons (Fsp3) is 0.846. The molecule has 1 fully saturated rings. The Labute approximate surface area is 119 Å². The van der Waals surface area contributed by atoms with Gasteiger partial charge in [-0.2, -0.15) is 0 Å². The topological polar surface area (TPSA) is 36.9 Å². The van der Waals surface area contributed by atoms with E-state index in [1.807, 2.05) is 0 Å². The average molecular weight is 305 g/mol. The first-order valence-electron chi connectivity index (χ1n) is 6.94. The van der Waals surface area contributed by atoms with Crippen LogP contribution in [0.4, 0.5) is 0 Å². The van der Waals surface area contributed by atoms with E-state index in [9.17, 15) is 0 Å². The van der Waals surface area contributed by atoms with Crippen LogP contribution in [-0.4, -0.2) is 42.6 Å². The van der Waals surface area contributed by atoms with Crippen LogP contribution in [0.1, 0.15) is 6.42 Å². The van der Waals surface area contributed by atoms with Gasteiger partial charge in [0.05, 0.1) is 6.61 Å². The van der Waals surface area contributed by atoms with Crippen molar-refractivity contribution in [1.82, 2.24) is 0 Å². The van der Waals surface area contributed by atoms with E-state index in [4.69, 9.17) is 18.3 Å². The maximum absolute atomic E-state index is 6.29. The Kier molecular flexibility index (Phi) is 6.10. The van der Waals surface area contributed by atoms with Crippen LogP contribution in [0, 0.1) is 0 Å². The molecule has 0 N–H and O–H groups in total. The molecule has 0 spiro atoms. The zero-order chi connectivity index (χ0) is 14.5. The molecule has 1 aliphatic heterocycles. The highest BCUT2D eigenvalue weighted by atomic mass is 28.4. The Bertz CT molecular complexity index is 300. The maximum Gasteiger partial charge on any atom is 0.272 e. The van der Waals surface area contributed by atoms with Gasteiger partial charge in [-0.1, -0.05) is 0 Å². The van der Waals surface area contributed by atoms with Crippen LogP contribution in [0.5, 0.6) is 0 Å². The zero-order valence-electron chi connectivity index (χ0n) is 13.0. The van der Waals surface area contributed by atoms with Crippen LogP contribution in [0.15, 0.2) is 12.5 Å². The molecule has 0 bridgehead atoms. The number of ether oxygens (including phenoxy) is 3. The van der Waals surface area contributed by atoms with Gasteiger partial charge >= 0.3 is 0 Å². The Hall–Kier alpha value is -0.306. The molecule has 0 aromatic heterocycles. The van der Waals surface area contributed by atoms with Crippen LogP contribution in [0.3, 0.4) is 0 Å². The van der Waals surface area contributed by atoms with Gasteiger partial charge in [-0.3, -0.25) is 0 Å². The summed E-state index contributed by atoms with van der Waals surface area (Å²) in [6, 6.07) is 1.14. The Morgan fingerprint density at radius 1 is 1.26 bits per heavy atom. The lowest BCUT2D eigenvalue weighted by atomic mass is 10.4. The Balaban J connectivity index is 2.08. The first kappa shape index (κ1) is 16.7. The summed E-state index contributed by atoms with van der Waals surface area (Å²) in [5.74, 6) is 0.408. The van der Waals surface area contributed by atoms with Crippen molar-refractivity contribution in [2.24, 2.45) is 0 Å². The van der Waals surface area contributed by atoms with E-state index in [1.165, 1.54) is 0 Å². The minimum atomic E-state index is -1.52. The molecular formula is C13H28O4Si2. The lowest BCUT2D eigenvalue weighted by Crippen LogP contribution is -2.42. The van der Waals surface area contributed by atoms with Gasteiger partial charge in [0, 0.05) is 6.61 Å². The molecule has 0 amide bonds. The highest BCUT2D eigenvalue weighted by Crippen LogP contribution is 2.20. The summed E-state index contributed by atoms with van der Waals surface area (Å²) >= 11 is 0. The zero-order valence-corrected chi connectivity index (χ0v) is 15.0. The van der Waals surface area contributed by atoms with E-state index < -0.39 is 16.6 Å². The van der Waals surface area contributed by atoms with E-state index in [-0.39, 0.29) is 6.10 Å². The smallest absolute Gasteiger partial charge is 0.272 e. The van der Waals surface area contributed by atoms with Gasteiger partial charge in [-0.05, 0) is 51.8 Å². The van der Waals surface area contributed by atoms with Crippen molar-refractivity contribution in [1.29, 1.82) is 0 Å². The highest BCUT2D eigenvalue weighted by Gasteiger charge is 2.29. The summed E-state index contributed by atoms with van der Waals surface area (Å²) in [4.78, 5) is 0. The molecule has 1 heterocycles. The van der Waals surface area contributed by atoms with Gasteiger partial charge in [0.25, 0.3) is 5.95 Å². The summed E-state index contributed by atoms with van der Waals surface area (Å²) in [6.07, 6.45) is 1.06. The fourth-order valence-electron chi connectivity index (χ4n) is 2.22. The summed E-state index contributed by atoms with van der Waals surface area (Å²) < 4.78 is 22.4. The SMILES string of the molecule is C=C1OCC(COCCC[Si](C)(C)O[Si](C)(C)C)O1. The van der Waals surface area contributed by atoms with Gasteiger partial charge < -0.3 is 18.3 Å². The first-order chi connectivity index (χ1) is 8.68. The summed E-state index contributed by atoms with van der Waals surface area (Å²) in [5.41, 5.74) is 0. The van der Waals surface area contributed by atoms with Crippen LogP contribution in [0.25, 0.3) is 0 Å². The third-order valence-electron chi connectivity index (χ3n) is 2.68. The maximum atomic E-state index is 6.29. The van der Waals surface area contributed by atoms with Crippen molar-refractivity contribution in [3.8, 4) is 0 Å². The molecule has 1 atom stereocenters. The minimum Gasteiger partial charge on any atom is -0.462 e. The van der Waals surface area contributed by atoms with Crippen LogP contribution in [-0.2, 0) is 18.3 Å². The standard InChI is InChI=1S/C13H28O4Si2/c1-12-15-11-13(16-12)10-14-8-7-9-19(5,6)17-18(2,3)4/h13H,1,7-11H2,2-6H3. The van der Waals surface area contributed by atoms with Crippen LogP contribution >= 0.6 is 0 Å². The van der Waals surface area contributed by atoms with E-state index in [0.717, 1.165) is 19.1 Å². The molecule has 112 valence electrons. The number of hydrogen-bond acceptors (Lipinski definition) is 4. The van der Waals surface area contributed by atoms with E-state index in [2.05, 4.69) is 39.3 Å². The molecule has 4 nitrogen and oxygen atoms in total. The highest BCUT2D eigenvalue weighted by molar-refractivity contribution is 6.84. The second-order valence-corrected chi connectivity index (χ2v) is 15.6. The normalized spacial score (nSPS) is 20.3. The molecule has 0 aliphatic carbocycles. The molecule has 0 saturated carbocycles. The summed E-state index contributed by atoms with van der Waals surface area (Å²) in [6.45, 7) is 16.8. The quantitative estimate of drug-likeness (QED) is 0.509. The summed E-state index contributed by atoms with van der Waals surface area (Å²) in [7, 11) is -2.93. The second kappa shape index (κ2) is 6.92. The molecular weight excluding hydrogens is 276 g/mol. The van der Waals surface area contributed by atoms with Crippen molar-refractivity contribution in [2.45, 2.75) is 51.3 Å². The lowest BCUT2D eigenvalue weighted by Gasteiger charge is -2.31. The van der Waals surface area contributed by atoms with Gasteiger partial charge in [0.1, 0.15) is 6.61 Å². The molecule has 6 heteroatoms. The van der Waals surface area contributed by atoms with E-state index >= 15 is 0 Å². The number of rotatable bonds is 8. The largest absolute Gasteiger partial charge is 0.462 e. The third kappa shape index (κ3) is 7.76. The third-order valence-corrected chi connectivity index (χ3v) is 8.90. The van der Waals surface area contributed by atoms with Crippen molar-refractivity contribution >= 4 is 16.6 Å². The molecule has 1 unspecified atom stereocenters. The van der Waals surface area contributed by atoms with Gasteiger partial charge in [0.15, 0.2) is 22.7 Å². The molecule has 1 aliphatic rings. The monoisotopic (exact) mass is 304 g/mol. The minimum absolute atomic E-state index is 0.0102. The van der Waals surface area contributed by atoms with Crippen LogP contribution in [0.2, 0.25) is 38.8 Å². The Morgan fingerprint density at radius 3 is 2.47 bits per heavy atom. The van der Waals surface area contributed by atoms with Gasteiger partial charge in [0.2, 0.25) is 0 Å². The average Bonchev–Trinajstić information content (AvgIpc) is 2.59. The molecule has 0 radical (unpaired) electrons. The lowest BCUT2D eigenvalue weighted by molar-refractivity contribution is 0.0416. The molecule has 1 rings (SSSR count). The predicted molar refractivity (Wildman–Crippen MR) is 82.1 cm³/mol. The second-order valence-electron chi connectivity index (χ2n) is 6.58. The Morgan fingerprint density at radius 2 is 1.95 bits per heavy atom. The van der Waals surface area contributed by atoms with Crippen LogP contribution < -0.4 is 0 Å². The van der Waals surface area contributed by atoms with Crippen molar-refractivity contribution in [2.75, 3.05) is 19.8 Å². The molecule has 0 aromatic carbocycles. The van der Waals surface area contributed by atoms with Gasteiger partial charge in [-0.25, -0.2) is 0 Å². The van der Waals surface area contributed by atoms with Gasteiger partial charge in [-0.15, -0.1) is 0 Å². The van der Waals surface area contributed by atoms with E-state index in [0.29, 0.717) is 19.2 Å². The van der Waals surface area contributed by atoms with Crippen molar-refractivity contribution < 1.29 is 18.3 Å². The van der Waals surface area contributed by atoms with Crippen molar-refractivity contribution in [3.63, 3.8) is 0 Å². The molecule has 1 saturated heterocycles. The fourth-order valence-corrected chi connectivity index (χ4v) is 10.3. The van der Waals surface area contributed by atoms with E-state index in [1.54, 1.807) is 0 Å². The predicted octanol–water partition coefficient (Wildman–Crippen LogP) is 3.34. The first-order valence-corrected chi connectivity index (χ1v) is 13.5. The summed E-state index contributed by atoms with van der Waals surface area (Å²) in [5, 5.41) is 0. The molecule has 19 heavy (non-hydrogen) atoms. The number of hydrogen-bond donors (Lipinski definition) is 0. The molecule has 0 aromatic rings. The van der Waals surface area contributed by atoms with Crippen molar-refractivity contribution in [3.05, 3.63) is 12.5 Å².